The van der Waals surface area contributed by atoms with Crippen molar-refractivity contribution in [1.82, 2.24) is 4.98 Å². The van der Waals surface area contributed by atoms with Crippen LogP contribution in [-0.4, -0.2) is 22.7 Å². The Hall–Kier alpha value is -3.14. The number of carbonyl (C=O) groups excluding carboxylic acids is 1. The van der Waals surface area contributed by atoms with Crippen LogP contribution in [0.2, 0.25) is 0 Å². The van der Waals surface area contributed by atoms with Gasteiger partial charge in [0, 0.05) is 18.2 Å². The van der Waals surface area contributed by atoms with Crippen LogP contribution in [0.1, 0.15) is 35.0 Å². The van der Waals surface area contributed by atoms with E-state index >= 15 is 0 Å². The second-order valence-corrected chi connectivity index (χ2v) is 6.03. The predicted molar refractivity (Wildman–Crippen MR) is 101 cm³/mol. The van der Waals surface area contributed by atoms with Crippen molar-refractivity contribution >= 4 is 5.97 Å². The molecule has 0 aliphatic carbocycles. The zero-order valence-electron chi connectivity index (χ0n) is 14.7. The van der Waals surface area contributed by atoms with Crippen LogP contribution in [0.4, 0.5) is 0 Å². The van der Waals surface area contributed by atoms with Crippen LogP contribution in [0.5, 0.6) is 5.75 Å². The monoisotopic (exact) mass is 347 g/mol. The Labute approximate surface area is 153 Å². The molecule has 0 aliphatic heterocycles. The fourth-order valence-electron chi connectivity index (χ4n) is 2.74. The highest BCUT2D eigenvalue weighted by atomic mass is 16.5. The first kappa shape index (κ1) is 17.7. The quantitative estimate of drug-likeness (QED) is 0.662. The van der Waals surface area contributed by atoms with Gasteiger partial charge in [0.05, 0.1) is 17.9 Å². The number of ether oxygens (including phenoxy) is 1. The predicted octanol–water partition coefficient (Wildman–Crippen LogP) is 4.61. The molecule has 1 aromatic heterocycles. The molecule has 0 saturated heterocycles. The molecule has 0 atom stereocenters. The Balaban J connectivity index is 1.90. The summed E-state index contributed by atoms with van der Waals surface area (Å²) in [7, 11) is 0. The maximum absolute atomic E-state index is 12.1. The summed E-state index contributed by atoms with van der Waals surface area (Å²) in [5.41, 5.74) is 3.55. The topological polar surface area (TPSA) is 59.4 Å². The molecule has 2 aromatic carbocycles. The van der Waals surface area contributed by atoms with Crippen LogP contribution in [-0.2, 0) is 11.2 Å². The van der Waals surface area contributed by atoms with Crippen LogP contribution < -0.4 is 0 Å². The van der Waals surface area contributed by atoms with Crippen LogP contribution in [0, 0.1) is 0 Å². The highest BCUT2D eigenvalue weighted by Gasteiger charge is 2.13. The molecule has 1 heterocycles. The minimum Gasteiger partial charge on any atom is -0.505 e. The van der Waals surface area contributed by atoms with Crippen LogP contribution >= 0.6 is 0 Å². The van der Waals surface area contributed by atoms with Gasteiger partial charge in [-0.3, -0.25) is 4.98 Å². The van der Waals surface area contributed by atoms with Crippen LogP contribution in [0.3, 0.4) is 0 Å². The van der Waals surface area contributed by atoms with Crippen molar-refractivity contribution in [3.05, 3.63) is 83.7 Å². The average molecular weight is 347 g/mol. The summed E-state index contributed by atoms with van der Waals surface area (Å²) in [6.07, 6.45) is 2.99. The molecule has 0 fully saturated rings. The van der Waals surface area contributed by atoms with E-state index in [-0.39, 0.29) is 11.7 Å². The Morgan fingerprint density at radius 1 is 1.08 bits per heavy atom. The third-order valence-corrected chi connectivity index (χ3v) is 4.06. The van der Waals surface area contributed by atoms with E-state index in [0.29, 0.717) is 29.8 Å². The molecule has 26 heavy (non-hydrogen) atoms. The van der Waals surface area contributed by atoms with Gasteiger partial charge in [0.15, 0.2) is 0 Å². The molecule has 0 spiro atoms. The summed E-state index contributed by atoms with van der Waals surface area (Å²) in [5, 5.41) is 10.7. The molecule has 0 bridgehead atoms. The Kier molecular flexibility index (Phi) is 5.64. The number of benzene rings is 2. The molecule has 4 heteroatoms. The zero-order chi connectivity index (χ0) is 18.4. The summed E-state index contributed by atoms with van der Waals surface area (Å²) < 4.78 is 5.19. The number of pyridine rings is 1. The Morgan fingerprint density at radius 3 is 2.65 bits per heavy atom. The number of aromatic nitrogens is 1. The van der Waals surface area contributed by atoms with E-state index in [9.17, 15) is 9.90 Å². The first-order chi connectivity index (χ1) is 12.7. The van der Waals surface area contributed by atoms with Gasteiger partial charge in [-0.1, -0.05) is 49.4 Å². The summed E-state index contributed by atoms with van der Waals surface area (Å²) >= 11 is 0. The Morgan fingerprint density at radius 2 is 1.88 bits per heavy atom. The van der Waals surface area contributed by atoms with Crippen molar-refractivity contribution in [2.45, 2.75) is 19.8 Å². The second-order valence-electron chi connectivity index (χ2n) is 6.03. The van der Waals surface area contributed by atoms with Crippen molar-refractivity contribution in [3.8, 4) is 16.9 Å². The maximum Gasteiger partial charge on any atom is 0.338 e. The highest BCUT2D eigenvalue weighted by molar-refractivity contribution is 5.91. The maximum atomic E-state index is 12.1. The SMILES string of the molecule is CCCOC(=O)c1cccc(-c2ccnc(Cc3ccccc3)c2O)c1. The third-order valence-electron chi connectivity index (χ3n) is 4.06. The van der Waals surface area contributed by atoms with Crippen molar-refractivity contribution in [3.63, 3.8) is 0 Å². The van der Waals surface area contributed by atoms with E-state index in [1.807, 2.05) is 43.3 Å². The van der Waals surface area contributed by atoms with Gasteiger partial charge in [0.2, 0.25) is 0 Å². The zero-order valence-corrected chi connectivity index (χ0v) is 14.7. The molecule has 0 aliphatic rings. The number of hydrogen-bond donors (Lipinski definition) is 1. The molecule has 132 valence electrons. The number of esters is 1. The number of aromatic hydroxyl groups is 1. The minimum absolute atomic E-state index is 0.135. The van der Waals surface area contributed by atoms with Crippen LogP contribution in [0.25, 0.3) is 11.1 Å². The second kappa shape index (κ2) is 8.30. The fraction of sp³-hybridized carbons (Fsp3) is 0.182. The standard InChI is InChI=1S/C22H21NO3/c1-2-13-26-22(25)18-10-6-9-17(15-18)19-11-12-23-20(21(19)24)14-16-7-4-3-5-8-16/h3-12,15,24H,2,13-14H2,1H3. The van der Waals surface area contributed by atoms with Gasteiger partial charge in [-0.05, 0) is 35.7 Å². The van der Waals surface area contributed by atoms with E-state index in [0.717, 1.165) is 17.5 Å². The molecule has 0 amide bonds. The smallest absolute Gasteiger partial charge is 0.338 e. The third kappa shape index (κ3) is 4.09. The lowest BCUT2D eigenvalue weighted by molar-refractivity contribution is 0.0505. The van der Waals surface area contributed by atoms with Crippen molar-refractivity contribution in [2.75, 3.05) is 6.61 Å². The van der Waals surface area contributed by atoms with Gasteiger partial charge < -0.3 is 9.84 Å². The molecule has 3 rings (SSSR count). The molecule has 4 nitrogen and oxygen atoms in total. The van der Waals surface area contributed by atoms with Gasteiger partial charge in [-0.15, -0.1) is 0 Å². The van der Waals surface area contributed by atoms with Crippen molar-refractivity contribution in [1.29, 1.82) is 0 Å². The average Bonchev–Trinajstić information content (AvgIpc) is 2.68. The molecule has 0 radical (unpaired) electrons. The fourth-order valence-corrected chi connectivity index (χ4v) is 2.74. The summed E-state index contributed by atoms with van der Waals surface area (Å²) in [6.45, 7) is 2.35. The molecular weight excluding hydrogens is 326 g/mol. The van der Waals surface area contributed by atoms with Gasteiger partial charge in [0.25, 0.3) is 0 Å². The van der Waals surface area contributed by atoms with Gasteiger partial charge >= 0.3 is 5.97 Å². The molecule has 0 unspecified atom stereocenters. The van der Waals surface area contributed by atoms with E-state index in [2.05, 4.69) is 4.98 Å². The van der Waals surface area contributed by atoms with Crippen molar-refractivity contribution in [2.24, 2.45) is 0 Å². The largest absolute Gasteiger partial charge is 0.505 e. The normalized spacial score (nSPS) is 10.5. The summed E-state index contributed by atoms with van der Waals surface area (Å²) in [4.78, 5) is 16.4. The molecule has 1 N–H and O–H groups in total. The van der Waals surface area contributed by atoms with E-state index in [4.69, 9.17) is 4.74 Å². The first-order valence-corrected chi connectivity index (χ1v) is 8.67. The lowest BCUT2D eigenvalue weighted by Gasteiger charge is -2.10. The highest BCUT2D eigenvalue weighted by Crippen LogP contribution is 2.32. The summed E-state index contributed by atoms with van der Waals surface area (Å²) in [5.74, 6) is -0.220. The lowest BCUT2D eigenvalue weighted by atomic mass is 10.00. The van der Waals surface area contributed by atoms with E-state index < -0.39 is 0 Å². The van der Waals surface area contributed by atoms with Gasteiger partial charge in [0.1, 0.15) is 5.75 Å². The minimum atomic E-state index is -0.355. The molecule has 3 aromatic rings. The number of hydrogen-bond acceptors (Lipinski definition) is 4. The molecule has 0 saturated carbocycles. The van der Waals surface area contributed by atoms with E-state index in [1.165, 1.54) is 0 Å². The molecular formula is C22H21NO3. The van der Waals surface area contributed by atoms with Crippen molar-refractivity contribution < 1.29 is 14.6 Å². The Bertz CT molecular complexity index is 891. The number of carbonyl (C=O) groups is 1. The van der Waals surface area contributed by atoms with Crippen LogP contribution in [0.15, 0.2) is 66.9 Å². The van der Waals surface area contributed by atoms with E-state index in [1.54, 1.807) is 30.5 Å². The van der Waals surface area contributed by atoms with Gasteiger partial charge in [-0.2, -0.15) is 0 Å². The summed E-state index contributed by atoms with van der Waals surface area (Å²) in [6, 6.07) is 18.7. The van der Waals surface area contributed by atoms with Gasteiger partial charge in [-0.25, -0.2) is 4.79 Å². The number of nitrogens with zero attached hydrogens (tertiary/aromatic N) is 1. The number of rotatable bonds is 6. The lowest BCUT2D eigenvalue weighted by Crippen LogP contribution is -2.05. The first-order valence-electron chi connectivity index (χ1n) is 8.67.